The first kappa shape index (κ1) is 30.6. The number of nitrogens with zero attached hydrogens (tertiary/aromatic N) is 4. The van der Waals surface area contributed by atoms with Crippen LogP contribution in [0.15, 0.2) is 111 Å². The fourth-order valence-electron chi connectivity index (χ4n) is 5.94. The second-order valence-electron chi connectivity index (χ2n) is 11.3. The minimum absolute atomic E-state index is 0.0623. The van der Waals surface area contributed by atoms with E-state index in [1.165, 1.54) is 0 Å². The Balaban J connectivity index is 1.27. The van der Waals surface area contributed by atoms with E-state index in [1.807, 2.05) is 97.1 Å². The number of rotatable bonds is 11. The average molecular weight is 696 g/mol. The van der Waals surface area contributed by atoms with Gasteiger partial charge in [0.2, 0.25) is 5.90 Å². The summed E-state index contributed by atoms with van der Waals surface area (Å²) in [6.45, 7) is 0.547. The van der Waals surface area contributed by atoms with E-state index in [-0.39, 0.29) is 25.5 Å². The van der Waals surface area contributed by atoms with Gasteiger partial charge in [0.25, 0.3) is 11.8 Å². The molecule has 2 atom stereocenters. The molecule has 47 heavy (non-hydrogen) atoms. The van der Waals surface area contributed by atoms with Crippen molar-refractivity contribution in [3.05, 3.63) is 124 Å². The van der Waals surface area contributed by atoms with Crippen LogP contribution >= 0.6 is 15.9 Å². The number of methoxy groups -OCH3 is 1. The summed E-state index contributed by atoms with van der Waals surface area (Å²) in [5, 5.41) is 13.3. The zero-order valence-electron chi connectivity index (χ0n) is 25.5. The largest absolute Gasteiger partial charge is 0.497 e. The summed E-state index contributed by atoms with van der Waals surface area (Å²) in [4.78, 5) is 26.4. The zero-order chi connectivity index (χ0) is 32.4. The molecule has 0 saturated carbocycles. The van der Waals surface area contributed by atoms with Gasteiger partial charge >= 0.3 is 0 Å². The number of para-hydroxylation sites is 1. The van der Waals surface area contributed by atoms with Crippen molar-refractivity contribution in [3.8, 4) is 23.0 Å². The molecule has 3 heterocycles. The second kappa shape index (κ2) is 13.0. The van der Waals surface area contributed by atoms with Gasteiger partial charge in [-0.05, 0) is 66.2 Å². The highest BCUT2D eigenvalue weighted by atomic mass is 79.9. The maximum atomic E-state index is 14.9. The number of amides is 1. The van der Waals surface area contributed by atoms with E-state index in [2.05, 4.69) is 26.1 Å². The monoisotopic (exact) mass is 694 g/mol. The van der Waals surface area contributed by atoms with Crippen molar-refractivity contribution in [2.75, 3.05) is 25.2 Å². The van der Waals surface area contributed by atoms with Crippen molar-refractivity contribution < 1.29 is 28.6 Å². The van der Waals surface area contributed by atoms with Gasteiger partial charge in [0.05, 0.1) is 25.9 Å². The molecule has 0 bridgehead atoms. The SMILES string of the molecule is COc1ccc(-c2nc(CN3C(=O)[C@]4(Cc5ccccc5Br)N=C(c5ccc(OCCCO)cc5)O[C@@H]4c4ccccc43)no2)cc1. The highest BCUT2D eigenvalue weighted by molar-refractivity contribution is 9.10. The van der Waals surface area contributed by atoms with Gasteiger partial charge in [-0.3, -0.25) is 4.79 Å². The lowest BCUT2D eigenvalue weighted by molar-refractivity contribution is -0.127. The Morgan fingerprint density at radius 3 is 2.43 bits per heavy atom. The molecule has 1 aromatic heterocycles. The number of aromatic nitrogens is 2. The number of aliphatic hydroxyl groups excluding tert-OH is 1. The average Bonchev–Trinajstić information content (AvgIpc) is 3.74. The van der Waals surface area contributed by atoms with E-state index in [4.69, 9.17) is 28.8 Å². The normalized spacial score (nSPS) is 18.3. The number of aliphatic imine (C=N–C) groups is 1. The summed E-state index contributed by atoms with van der Waals surface area (Å²) < 4.78 is 24.1. The van der Waals surface area contributed by atoms with Crippen LogP contribution in [0.4, 0.5) is 5.69 Å². The maximum Gasteiger partial charge on any atom is 0.260 e. The molecule has 0 fully saturated rings. The number of hydrogen-bond acceptors (Lipinski definition) is 9. The fourth-order valence-corrected chi connectivity index (χ4v) is 6.37. The van der Waals surface area contributed by atoms with E-state index in [1.54, 1.807) is 12.0 Å². The molecular weight excluding hydrogens is 664 g/mol. The Hall–Kier alpha value is -5.00. The second-order valence-corrected chi connectivity index (χ2v) is 12.1. The topological polar surface area (TPSA) is 120 Å². The van der Waals surface area contributed by atoms with Gasteiger partial charge in [-0.25, -0.2) is 4.99 Å². The van der Waals surface area contributed by atoms with Crippen LogP contribution in [-0.4, -0.2) is 52.9 Å². The van der Waals surface area contributed by atoms with Crippen molar-refractivity contribution in [2.45, 2.75) is 31.0 Å². The molecule has 2 aliphatic heterocycles. The van der Waals surface area contributed by atoms with Gasteiger partial charge in [-0.15, -0.1) is 0 Å². The number of hydrogen-bond donors (Lipinski definition) is 1. The molecule has 0 radical (unpaired) electrons. The predicted octanol–water partition coefficient (Wildman–Crippen LogP) is 6.32. The molecule has 4 aromatic carbocycles. The lowest BCUT2D eigenvalue weighted by Gasteiger charge is -2.41. The number of fused-ring (bicyclic) bond motifs is 3. The van der Waals surface area contributed by atoms with Crippen LogP contribution in [0, 0.1) is 0 Å². The van der Waals surface area contributed by atoms with Crippen LogP contribution in [0.2, 0.25) is 0 Å². The number of carbonyl (C=O) groups excluding carboxylic acids is 1. The molecule has 238 valence electrons. The number of benzene rings is 4. The lowest BCUT2D eigenvalue weighted by atomic mass is 9.78. The standard InChI is InChI=1S/C36H31BrN4O6/c1-44-26-15-11-23(12-16-26)33-38-31(40-47-33)22-41-30-10-5-3-8-28(30)32-36(35(41)43,21-25-7-2-4-9-29(25)37)39-34(46-32)24-13-17-27(18-14-24)45-20-6-19-42/h2-5,7-18,32,42H,6,19-22H2,1H3/t32-,36-/m1/s1. The zero-order valence-corrected chi connectivity index (χ0v) is 27.1. The van der Waals surface area contributed by atoms with Gasteiger partial charge in [0.1, 0.15) is 11.5 Å². The third-order valence-electron chi connectivity index (χ3n) is 8.28. The van der Waals surface area contributed by atoms with Crippen LogP contribution < -0.4 is 14.4 Å². The van der Waals surface area contributed by atoms with Crippen molar-refractivity contribution in [1.29, 1.82) is 0 Å². The van der Waals surface area contributed by atoms with Crippen LogP contribution in [-0.2, 0) is 22.5 Å². The molecule has 1 N–H and O–H groups in total. The Kier molecular flexibility index (Phi) is 8.48. The van der Waals surface area contributed by atoms with Crippen LogP contribution in [0.1, 0.15) is 35.0 Å². The molecule has 5 aromatic rings. The smallest absolute Gasteiger partial charge is 0.260 e. The number of ether oxygens (including phenoxy) is 3. The molecule has 1 amide bonds. The van der Waals surface area contributed by atoms with E-state index in [9.17, 15) is 4.79 Å². The first-order valence-corrected chi connectivity index (χ1v) is 16.0. The maximum absolute atomic E-state index is 14.9. The predicted molar refractivity (Wildman–Crippen MR) is 178 cm³/mol. The number of aliphatic hydroxyl groups is 1. The Bertz CT molecular complexity index is 1930. The first-order chi connectivity index (χ1) is 23.0. The summed E-state index contributed by atoms with van der Waals surface area (Å²) in [5.74, 6) is 2.22. The third-order valence-corrected chi connectivity index (χ3v) is 9.06. The van der Waals surface area contributed by atoms with Crippen molar-refractivity contribution >= 4 is 33.4 Å². The molecular formula is C36H31BrN4O6. The Morgan fingerprint density at radius 2 is 1.66 bits per heavy atom. The first-order valence-electron chi connectivity index (χ1n) is 15.2. The molecule has 0 saturated heterocycles. The number of carbonyl (C=O) groups is 1. The van der Waals surface area contributed by atoms with Gasteiger partial charge in [0, 0.05) is 40.6 Å². The fraction of sp³-hybridized carbons (Fsp3) is 0.222. The molecule has 10 nitrogen and oxygen atoms in total. The molecule has 0 aliphatic carbocycles. The van der Waals surface area contributed by atoms with Crippen LogP contribution in [0.5, 0.6) is 11.5 Å². The van der Waals surface area contributed by atoms with E-state index in [0.717, 1.165) is 32.5 Å². The highest BCUT2D eigenvalue weighted by Crippen LogP contribution is 2.50. The quantitative estimate of drug-likeness (QED) is 0.160. The van der Waals surface area contributed by atoms with Gasteiger partial charge in [-0.2, -0.15) is 4.98 Å². The Labute approximate surface area is 279 Å². The van der Waals surface area contributed by atoms with Crippen molar-refractivity contribution in [3.63, 3.8) is 0 Å². The summed E-state index contributed by atoms with van der Waals surface area (Å²) in [6, 6.07) is 30.3. The van der Waals surface area contributed by atoms with Gasteiger partial charge < -0.3 is 28.7 Å². The molecule has 0 unspecified atom stereocenters. The van der Waals surface area contributed by atoms with Crippen LogP contribution in [0.25, 0.3) is 11.5 Å². The summed E-state index contributed by atoms with van der Waals surface area (Å²) in [6.07, 6.45) is 0.157. The van der Waals surface area contributed by atoms with Crippen molar-refractivity contribution in [2.24, 2.45) is 4.99 Å². The summed E-state index contributed by atoms with van der Waals surface area (Å²) >= 11 is 3.68. The Morgan fingerprint density at radius 1 is 0.936 bits per heavy atom. The van der Waals surface area contributed by atoms with Crippen molar-refractivity contribution in [1.82, 2.24) is 10.1 Å². The van der Waals surface area contributed by atoms with E-state index in [0.29, 0.717) is 42.1 Å². The minimum Gasteiger partial charge on any atom is -0.497 e. The van der Waals surface area contributed by atoms with E-state index < -0.39 is 11.6 Å². The molecule has 2 aliphatic rings. The van der Waals surface area contributed by atoms with E-state index >= 15 is 0 Å². The molecule has 7 rings (SSSR count). The molecule has 0 spiro atoms. The summed E-state index contributed by atoms with van der Waals surface area (Å²) in [7, 11) is 1.61. The number of halogens is 1. The van der Waals surface area contributed by atoms with Gasteiger partial charge in [0.15, 0.2) is 17.5 Å². The highest BCUT2D eigenvalue weighted by Gasteiger charge is 2.59. The molecule has 11 heteroatoms. The van der Waals surface area contributed by atoms with Gasteiger partial charge in [-0.1, -0.05) is 57.5 Å². The summed E-state index contributed by atoms with van der Waals surface area (Å²) in [5.41, 5.74) is 2.61. The number of anilines is 1. The third kappa shape index (κ3) is 5.88. The lowest BCUT2D eigenvalue weighted by Crippen LogP contribution is -2.55. The van der Waals surface area contributed by atoms with Crippen LogP contribution in [0.3, 0.4) is 0 Å². The minimum atomic E-state index is -1.31.